The second kappa shape index (κ2) is 13.1. The van der Waals surface area contributed by atoms with E-state index in [4.69, 9.17) is 4.98 Å². The molecule has 2 saturated carbocycles. The van der Waals surface area contributed by atoms with Crippen molar-refractivity contribution in [1.29, 1.82) is 0 Å². The van der Waals surface area contributed by atoms with Crippen LogP contribution in [0.4, 0.5) is 0 Å². The van der Waals surface area contributed by atoms with Crippen LogP contribution in [0.5, 0.6) is 0 Å². The summed E-state index contributed by atoms with van der Waals surface area (Å²) in [5.74, 6) is 1.42. The van der Waals surface area contributed by atoms with Gasteiger partial charge in [-0.3, -0.25) is 9.59 Å². The Morgan fingerprint density at radius 1 is 0.943 bits per heavy atom. The molecule has 1 N–H and O–H groups in total. The number of aryl methyl sites for hydroxylation is 1. The van der Waals surface area contributed by atoms with E-state index in [9.17, 15) is 9.59 Å². The molecule has 0 atom stereocenters. The number of aromatic nitrogens is 2. The van der Waals surface area contributed by atoms with Crippen LogP contribution in [0.15, 0.2) is 24.3 Å². The largest absolute Gasteiger partial charge is 0.356 e. The molecule has 2 aliphatic carbocycles. The Hall–Kier alpha value is -2.37. The van der Waals surface area contributed by atoms with Crippen LogP contribution >= 0.6 is 0 Å². The lowest BCUT2D eigenvalue weighted by atomic mass is 9.88. The third-order valence-electron chi connectivity index (χ3n) is 7.97. The monoisotopic (exact) mass is 480 g/mol. The molecule has 2 aromatic rings. The van der Waals surface area contributed by atoms with Crippen LogP contribution in [0.25, 0.3) is 11.0 Å². The molecule has 0 aliphatic heterocycles. The number of rotatable bonds is 11. The van der Waals surface area contributed by atoms with E-state index < -0.39 is 0 Å². The lowest BCUT2D eigenvalue weighted by molar-refractivity contribution is -0.138. The smallest absolute Gasteiger partial charge is 0.243 e. The standard InChI is InChI=1S/C29H44N4O2/c1-2-28(34)30-21-13-5-10-20-27-31-25-18-11-12-19-26(25)32(27)22-29(35)33(23-14-6-3-7-15-23)24-16-8-4-9-17-24/h11-12,18-19,23-24H,2-10,13-17,20-22H2,1H3,(H,30,34). The van der Waals surface area contributed by atoms with E-state index in [0.29, 0.717) is 25.0 Å². The van der Waals surface area contributed by atoms with Crippen molar-refractivity contribution in [2.24, 2.45) is 0 Å². The zero-order valence-electron chi connectivity index (χ0n) is 21.6. The van der Waals surface area contributed by atoms with Crippen LogP contribution in [-0.2, 0) is 22.6 Å². The van der Waals surface area contributed by atoms with E-state index in [1.165, 1.54) is 38.5 Å². The Morgan fingerprint density at radius 2 is 1.60 bits per heavy atom. The first-order valence-electron chi connectivity index (χ1n) is 14.2. The predicted molar refractivity (Wildman–Crippen MR) is 141 cm³/mol. The van der Waals surface area contributed by atoms with Gasteiger partial charge in [0.15, 0.2) is 0 Å². The van der Waals surface area contributed by atoms with E-state index in [1.807, 2.05) is 19.1 Å². The zero-order chi connectivity index (χ0) is 24.5. The SMILES string of the molecule is CCC(=O)NCCCCCc1nc2ccccc2n1CC(=O)N(C1CCCCC1)C1CCCCC1. The second-order valence-corrected chi connectivity index (χ2v) is 10.5. The summed E-state index contributed by atoms with van der Waals surface area (Å²) in [5, 5.41) is 2.95. The minimum absolute atomic E-state index is 0.116. The summed E-state index contributed by atoms with van der Waals surface area (Å²) < 4.78 is 2.19. The molecule has 0 bridgehead atoms. The third kappa shape index (κ3) is 6.86. The summed E-state index contributed by atoms with van der Waals surface area (Å²) in [4.78, 5) is 32.6. The maximum absolute atomic E-state index is 13.9. The van der Waals surface area contributed by atoms with Gasteiger partial charge in [0, 0.05) is 31.5 Å². The molecule has 1 heterocycles. The Morgan fingerprint density at radius 3 is 2.26 bits per heavy atom. The van der Waals surface area contributed by atoms with Gasteiger partial charge >= 0.3 is 0 Å². The molecule has 1 aromatic heterocycles. The fourth-order valence-corrected chi connectivity index (χ4v) is 6.07. The highest BCUT2D eigenvalue weighted by molar-refractivity contribution is 5.81. The summed E-state index contributed by atoms with van der Waals surface area (Å²) in [5.41, 5.74) is 2.05. The molecule has 2 amide bonds. The van der Waals surface area contributed by atoms with Gasteiger partial charge in [-0.15, -0.1) is 0 Å². The number of para-hydroxylation sites is 2. The number of imidazole rings is 1. The lowest BCUT2D eigenvalue weighted by Gasteiger charge is -2.42. The molecule has 1 aromatic carbocycles. The van der Waals surface area contributed by atoms with Crippen molar-refractivity contribution in [3.05, 3.63) is 30.1 Å². The normalized spacial score (nSPS) is 17.5. The highest BCUT2D eigenvalue weighted by atomic mass is 16.2. The number of fused-ring (bicyclic) bond motifs is 1. The summed E-state index contributed by atoms with van der Waals surface area (Å²) in [6.07, 6.45) is 16.7. The van der Waals surface area contributed by atoms with Gasteiger partial charge in [-0.25, -0.2) is 4.98 Å². The number of carbonyl (C=O) groups is 2. The van der Waals surface area contributed by atoms with Crippen LogP contribution < -0.4 is 5.32 Å². The first-order valence-corrected chi connectivity index (χ1v) is 14.2. The van der Waals surface area contributed by atoms with Crippen LogP contribution in [0, 0.1) is 0 Å². The van der Waals surface area contributed by atoms with E-state index >= 15 is 0 Å². The summed E-state index contributed by atoms with van der Waals surface area (Å²) in [6, 6.07) is 9.06. The van der Waals surface area contributed by atoms with Gasteiger partial charge in [-0.05, 0) is 50.7 Å². The van der Waals surface area contributed by atoms with Gasteiger partial charge in [-0.2, -0.15) is 0 Å². The first-order chi connectivity index (χ1) is 17.2. The fourth-order valence-electron chi connectivity index (χ4n) is 6.07. The fraction of sp³-hybridized carbons (Fsp3) is 0.690. The van der Waals surface area contributed by atoms with Gasteiger partial charge in [0.1, 0.15) is 12.4 Å². The summed E-state index contributed by atoms with van der Waals surface area (Å²) in [7, 11) is 0. The summed E-state index contributed by atoms with van der Waals surface area (Å²) >= 11 is 0. The highest BCUT2D eigenvalue weighted by Gasteiger charge is 2.32. The van der Waals surface area contributed by atoms with Crippen molar-refractivity contribution in [3.8, 4) is 0 Å². The molecule has 35 heavy (non-hydrogen) atoms. The Bertz CT molecular complexity index is 939. The average Bonchev–Trinajstić information content (AvgIpc) is 3.24. The first kappa shape index (κ1) is 25.7. The van der Waals surface area contributed by atoms with Crippen LogP contribution in [0.1, 0.15) is 103 Å². The van der Waals surface area contributed by atoms with Crippen molar-refractivity contribution < 1.29 is 9.59 Å². The van der Waals surface area contributed by atoms with Crippen molar-refractivity contribution in [3.63, 3.8) is 0 Å². The zero-order valence-corrected chi connectivity index (χ0v) is 21.6. The topological polar surface area (TPSA) is 67.2 Å². The van der Waals surface area contributed by atoms with E-state index in [2.05, 4.69) is 26.9 Å². The van der Waals surface area contributed by atoms with Crippen molar-refractivity contribution in [2.75, 3.05) is 6.54 Å². The van der Waals surface area contributed by atoms with Gasteiger partial charge in [0.25, 0.3) is 0 Å². The van der Waals surface area contributed by atoms with Gasteiger partial charge < -0.3 is 14.8 Å². The number of hydrogen-bond acceptors (Lipinski definition) is 3. The van der Waals surface area contributed by atoms with E-state index in [-0.39, 0.29) is 11.8 Å². The molecule has 0 radical (unpaired) electrons. The molecule has 2 fully saturated rings. The molecule has 0 spiro atoms. The maximum atomic E-state index is 13.9. The average molecular weight is 481 g/mol. The molecule has 4 rings (SSSR count). The minimum atomic E-state index is 0.116. The Kier molecular flexibility index (Phi) is 9.61. The molecule has 0 unspecified atom stereocenters. The van der Waals surface area contributed by atoms with Crippen LogP contribution in [0.2, 0.25) is 0 Å². The molecule has 6 nitrogen and oxygen atoms in total. The highest BCUT2D eigenvalue weighted by Crippen LogP contribution is 2.31. The lowest BCUT2D eigenvalue weighted by Crippen LogP contribution is -2.50. The van der Waals surface area contributed by atoms with Crippen molar-refractivity contribution in [1.82, 2.24) is 19.8 Å². The Labute approximate surface area is 210 Å². The molecule has 2 aliphatic rings. The molecule has 6 heteroatoms. The number of unbranched alkanes of at least 4 members (excludes halogenated alkanes) is 2. The van der Waals surface area contributed by atoms with Gasteiger partial charge in [0.05, 0.1) is 11.0 Å². The van der Waals surface area contributed by atoms with Crippen LogP contribution in [0.3, 0.4) is 0 Å². The number of nitrogens with zero attached hydrogens (tertiary/aromatic N) is 3. The summed E-state index contributed by atoms with van der Waals surface area (Å²) in [6.45, 7) is 3.01. The Balaban J connectivity index is 1.46. The molecular weight excluding hydrogens is 436 g/mol. The molecule has 192 valence electrons. The maximum Gasteiger partial charge on any atom is 0.243 e. The number of benzene rings is 1. The van der Waals surface area contributed by atoms with Crippen molar-refractivity contribution in [2.45, 2.75) is 122 Å². The minimum Gasteiger partial charge on any atom is -0.356 e. The molecular formula is C29H44N4O2. The van der Waals surface area contributed by atoms with Gasteiger partial charge in [0.2, 0.25) is 11.8 Å². The number of hydrogen-bond donors (Lipinski definition) is 1. The van der Waals surface area contributed by atoms with Crippen molar-refractivity contribution >= 4 is 22.8 Å². The van der Waals surface area contributed by atoms with E-state index in [1.54, 1.807) is 0 Å². The van der Waals surface area contributed by atoms with E-state index in [0.717, 1.165) is 74.8 Å². The third-order valence-corrected chi connectivity index (χ3v) is 7.97. The number of nitrogens with one attached hydrogen (secondary N) is 1. The quantitative estimate of drug-likeness (QED) is 0.415. The number of amides is 2. The van der Waals surface area contributed by atoms with Crippen LogP contribution in [-0.4, -0.2) is 44.9 Å². The molecule has 0 saturated heterocycles. The second-order valence-electron chi connectivity index (χ2n) is 10.5. The number of carbonyl (C=O) groups excluding carboxylic acids is 2. The predicted octanol–water partition coefficient (Wildman–Crippen LogP) is 5.77. The van der Waals surface area contributed by atoms with Gasteiger partial charge in [-0.1, -0.05) is 64.0 Å².